The number of nitrogens with zero attached hydrogens (tertiary/aromatic N) is 1. The molecule has 0 N–H and O–H groups in total. The molecule has 1 aromatic carbocycles. The average Bonchev–Trinajstić information content (AvgIpc) is 2.83. The molecule has 1 heterocycles. The van der Waals surface area contributed by atoms with Crippen LogP contribution in [0.25, 0.3) is 0 Å². The Morgan fingerprint density at radius 3 is 2.42 bits per heavy atom. The summed E-state index contributed by atoms with van der Waals surface area (Å²) in [5.41, 5.74) is -0.282. The van der Waals surface area contributed by atoms with Crippen LogP contribution in [0.2, 0.25) is 0 Å². The number of carbonyl (C=O) groups is 1. The number of benzene rings is 1. The Kier molecular flexibility index (Phi) is 4.17. The molecule has 0 bridgehead atoms. The van der Waals surface area contributed by atoms with Crippen LogP contribution in [-0.4, -0.2) is 32.3 Å². The first-order valence-corrected chi connectivity index (χ1v) is 8.64. The van der Waals surface area contributed by atoms with Crippen LogP contribution in [0.5, 0.6) is 0 Å². The maximum absolute atomic E-state index is 14.1. The fraction of sp³-hybridized carbons (Fsp3) is 0.364. The first-order chi connectivity index (χ1) is 8.80. The lowest BCUT2D eigenvalue weighted by molar-refractivity contribution is 0.0787. The fourth-order valence-electron chi connectivity index (χ4n) is 1.99. The summed E-state index contributed by atoms with van der Waals surface area (Å²) in [7, 11) is 0.920. The summed E-state index contributed by atoms with van der Waals surface area (Å²) in [6, 6.07) is 2.31. The average molecular weight is 371 g/mol. The van der Waals surface area contributed by atoms with Crippen LogP contribution in [0.1, 0.15) is 23.2 Å². The van der Waals surface area contributed by atoms with Crippen molar-refractivity contribution in [2.24, 2.45) is 0 Å². The van der Waals surface area contributed by atoms with Gasteiger partial charge in [-0.2, -0.15) is 0 Å². The molecule has 0 aromatic heterocycles. The van der Waals surface area contributed by atoms with E-state index in [0.717, 1.165) is 18.9 Å². The van der Waals surface area contributed by atoms with Gasteiger partial charge in [-0.3, -0.25) is 4.79 Å². The Labute approximate surface area is 123 Å². The highest BCUT2D eigenvalue weighted by Crippen LogP contribution is 2.28. The zero-order valence-electron chi connectivity index (χ0n) is 9.70. The van der Waals surface area contributed by atoms with Crippen LogP contribution in [0, 0.1) is 5.82 Å². The summed E-state index contributed by atoms with van der Waals surface area (Å²) >= 11 is 3.06. The smallest absolute Gasteiger partial charge is 0.264 e. The molecule has 1 aliphatic heterocycles. The highest BCUT2D eigenvalue weighted by Gasteiger charge is 2.27. The van der Waals surface area contributed by atoms with Crippen molar-refractivity contribution >= 4 is 41.6 Å². The summed E-state index contributed by atoms with van der Waals surface area (Å²) in [5, 5.41) is 0. The molecule has 0 unspecified atom stereocenters. The van der Waals surface area contributed by atoms with Crippen LogP contribution in [0.4, 0.5) is 4.39 Å². The normalized spacial score (nSPS) is 15.8. The maximum atomic E-state index is 14.1. The largest absolute Gasteiger partial charge is 0.339 e. The molecule has 8 heteroatoms. The predicted molar refractivity (Wildman–Crippen MR) is 72.3 cm³/mol. The van der Waals surface area contributed by atoms with Crippen molar-refractivity contribution in [1.29, 1.82) is 0 Å². The van der Waals surface area contributed by atoms with Crippen LogP contribution < -0.4 is 0 Å². The van der Waals surface area contributed by atoms with Crippen LogP contribution in [-0.2, 0) is 9.05 Å². The van der Waals surface area contributed by atoms with Crippen molar-refractivity contribution in [3.8, 4) is 0 Å². The number of hydrogen-bond donors (Lipinski definition) is 0. The van der Waals surface area contributed by atoms with E-state index in [4.69, 9.17) is 10.7 Å². The van der Waals surface area contributed by atoms with E-state index in [0.29, 0.717) is 13.1 Å². The zero-order valence-corrected chi connectivity index (χ0v) is 12.9. The summed E-state index contributed by atoms with van der Waals surface area (Å²) in [6.45, 7) is 1.10. The van der Waals surface area contributed by atoms with Gasteiger partial charge in [0.15, 0.2) is 5.82 Å². The maximum Gasteiger partial charge on any atom is 0.264 e. The Hall–Kier alpha value is -0.660. The van der Waals surface area contributed by atoms with Crippen molar-refractivity contribution in [2.75, 3.05) is 13.1 Å². The van der Waals surface area contributed by atoms with E-state index in [-0.39, 0.29) is 10.0 Å². The van der Waals surface area contributed by atoms with Crippen molar-refractivity contribution < 1.29 is 17.6 Å². The first kappa shape index (κ1) is 14.7. The Morgan fingerprint density at radius 2 is 1.89 bits per heavy atom. The van der Waals surface area contributed by atoms with Gasteiger partial charge in [0, 0.05) is 28.2 Å². The topological polar surface area (TPSA) is 54.5 Å². The zero-order chi connectivity index (χ0) is 14.2. The number of carbonyl (C=O) groups excluding carboxylic acids is 1. The lowest BCUT2D eigenvalue weighted by atomic mass is 10.2. The lowest BCUT2D eigenvalue weighted by Gasteiger charge is -2.16. The molecule has 0 spiro atoms. The van der Waals surface area contributed by atoms with Gasteiger partial charge >= 0.3 is 0 Å². The molecule has 1 amide bonds. The Morgan fingerprint density at radius 1 is 1.32 bits per heavy atom. The van der Waals surface area contributed by atoms with E-state index >= 15 is 0 Å². The molecule has 0 radical (unpaired) electrons. The minimum atomic E-state index is -4.24. The van der Waals surface area contributed by atoms with Crippen LogP contribution >= 0.6 is 26.6 Å². The molecule has 1 saturated heterocycles. The highest BCUT2D eigenvalue weighted by atomic mass is 79.9. The number of amides is 1. The van der Waals surface area contributed by atoms with Gasteiger partial charge in [-0.15, -0.1) is 0 Å². The van der Waals surface area contributed by atoms with Crippen molar-refractivity contribution in [1.82, 2.24) is 4.90 Å². The van der Waals surface area contributed by atoms with E-state index in [1.54, 1.807) is 0 Å². The van der Waals surface area contributed by atoms with E-state index in [9.17, 15) is 17.6 Å². The van der Waals surface area contributed by atoms with Gasteiger partial charge in [-0.25, -0.2) is 12.8 Å². The molecule has 104 valence electrons. The third-order valence-corrected chi connectivity index (χ3v) is 4.67. The van der Waals surface area contributed by atoms with E-state index in [2.05, 4.69) is 15.9 Å². The summed E-state index contributed by atoms with van der Waals surface area (Å²) in [6.07, 6.45) is 1.73. The quantitative estimate of drug-likeness (QED) is 0.752. The number of likely N-dealkylation sites (tertiary alicyclic amines) is 1. The standard InChI is InChI=1S/C11H10BrClFNO3S/c12-7-5-8(11(16)15-3-1-2-4-15)10(14)9(6-7)19(13,17)18/h5-6H,1-4H2. The van der Waals surface area contributed by atoms with Gasteiger partial charge < -0.3 is 4.90 Å². The minimum absolute atomic E-state index is 0.282. The third-order valence-electron chi connectivity index (χ3n) is 2.89. The van der Waals surface area contributed by atoms with Gasteiger partial charge in [0.25, 0.3) is 15.0 Å². The summed E-state index contributed by atoms with van der Waals surface area (Å²) in [4.78, 5) is 12.9. The highest BCUT2D eigenvalue weighted by molar-refractivity contribution is 9.10. The van der Waals surface area contributed by atoms with Crippen molar-refractivity contribution in [2.45, 2.75) is 17.7 Å². The molecule has 1 aliphatic rings. The second kappa shape index (κ2) is 5.38. The van der Waals surface area contributed by atoms with Crippen LogP contribution in [0.3, 0.4) is 0 Å². The predicted octanol–water partition coefficient (Wildman–Crippen LogP) is 2.75. The van der Waals surface area contributed by atoms with E-state index < -0.39 is 25.7 Å². The molecular weight excluding hydrogens is 361 g/mol. The molecule has 0 saturated carbocycles. The van der Waals surface area contributed by atoms with Crippen LogP contribution in [0.15, 0.2) is 21.5 Å². The molecule has 19 heavy (non-hydrogen) atoms. The second-order valence-electron chi connectivity index (χ2n) is 4.20. The molecule has 2 rings (SSSR count). The molecular formula is C11H10BrClFNO3S. The van der Waals surface area contributed by atoms with Crippen molar-refractivity contribution in [3.05, 3.63) is 28.0 Å². The molecule has 0 aliphatic carbocycles. The summed E-state index contributed by atoms with van der Waals surface area (Å²) < 4.78 is 37.0. The minimum Gasteiger partial charge on any atom is -0.339 e. The summed E-state index contributed by atoms with van der Waals surface area (Å²) in [5.74, 6) is -1.62. The molecule has 1 aromatic rings. The monoisotopic (exact) mass is 369 g/mol. The molecule has 1 fully saturated rings. The lowest BCUT2D eigenvalue weighted by Crippen LogP contribution is -2.28. The van der Waals surface area contributed by atoms with Gasteiger partial charge in [0.1, 0.15) is 4.90 Å². The van der Waals surface area contributed by atoms with Gasteiger partial charge in [0.05, 0.1) is 5.56 Å². The second-order valence-corrected chi connectivity index (χ2v) is 7.65. The van der Waals surface area contributed by atoms with Gasteiger partial charge in [-0.1, -0.05) is 15.9 Å². The number of hydrogen-bond acceptors (Lipinski definition) is 3. The van der Waals surface area contributed by atoms with Gasteiger partial charge in [0.2, 0.25) is 0 Å². The van der Waals surface area contributed by atoms with Gasteiger partial charge in [-0.05, 0) is 25.0 Å². The number of halogens is 3. The fourth-order valence-corrected chi connectivity index (χ4v) is 3.53. The van der Waals surface area contributed by atoms with Crippen molar-refractivity contribution in [3.63, 3.8) is 0 Å². The third kappa shape index (κ3) is 3.09. The van der Waals surface area contributed by atoms with E-state index in [1.165, 1.54) is 11.0 Å². The first-order valence-electron chi connectivity index (χ1n) is 5.53. The Bertz CT molecular complexity index is 629. The van der Waals surface area contributed by atoms with E-state index in [1.807, 2.05) is 0 Å². The SMILES string of the molecule is O=C(c1cc(Br)cc(S(=O)(=O)Cl)c1F)N1CCCC1. The Balaban J connectivity index is 2.52. The number of rotatable bonds is 2. The molecule has 0 atom stereocenters. The molecule has 4 nitrogen and oxygen atoms in total.